The fourth-order valence-electron chi connectivity index (χ4n) is 7.85. The zero-order chi connectivity index (χ0) is 31.1. The summed E-state index contributed by atoms with van der Waals surface area (Å²) in [4.78, 5) is 29.7. The van der Waals surface area contributed by atoms with E-state index in [1.807, 2.05) is 65.6 Å². The Kier molecular flexibility index (Phi) is 8.41. The predicted molar refractivity (Wildman–Crippen MR) is 175 cm³/mol. The summed E-state index contributed by atoms with van der Waals surface area (Å²) in [5.41, 5.74) is 2.06. The molecule has 0 radical (unpaired) electrons. The van der Waals surface area contributed by atoms with Gasteiger partial charge < -0.3 is 30.1 Å². The highest BCUT2D eigenvalue weighted by atomic mass is 28.3. The molecule has 0 unspecified atom stereocenters. The standard InChI is InChI=1S/C35H43N3O5Si/c1-23-32(44(3,4)27-15-13-26(42-2)14-16-27)31(18-20-39)43-35(23)28-21-25(37-33(40)29-11-8-19-36-29)12-17-30(28)38(34(35)41)22-24-9-6-5-7-10-24/h5-7,9-10,12-17,21,23,29,31-32,36,39H,8,11,18-20,22H2,1-4H3,(H,37,40)/t23-,29-,31+,32-,35+/m1/s1. The summed E-state index contributed by atoms with van der Waals surface area (Å²) in [7, 11) is -0.621. The van der Waals surface area contributed by atoms with E-state index < -0.39 is 13.7 Å². The lowest BCUT2D eigenvalue weighted by molar-refractivity contribution is -0.146. The van der Waals surface area contributed by atoms with E-state index in [1.165, 1.54) is 5.19 Å². The van der Waals surface area contributed by atoms with Crippen LogP contribution in [0.2, 0.25) is 18.6 Å². The van der Waals surface area contributed by atoms with E-state index in [9.17, 15) is 14.7 Å². The highest BCUT2D eigenvalue weighted by Gasteiger charge is 2.66. The lowest BCUT2D eigenvalue weighted by Gasteiger charge is -2.37. The summed E-state index contributed by atoms with van der Waals surface area (Å²) in [5, 5.41) is 17.8. The number of hydrogen-bond donors (Lipinski definition) is 3. The average Bonchev–Trinajstić information content (AvgIpc) is 3.73. The van der Waals surface area contributed by atoms with E-state index in [0.717, 1.165) is 42.0 Å². The number of aliphatic hydroxyl groups is 1. The van der Waals surface area contributed by atoms with Crippen LogP contribution in [0.25, 0.3) is 0 Å². The van der Waals surface area contributed by atoms with Crippen LogP contribution in [0.5, 0.6) is 5.75 Å². The molecule has 9 heteroatoms. The van der Waals surface area contributed by atoms with Crippen LogP contribution in [0, 0.1) is 5.92 Å². The number of methoxy groups -OCH3 is 1. The maximum atomic E-state index is 14.8. The summed E-state index contributed by atoms with van der Waals surface area (Å²) < 4.78 is 12.5. The van der Waals surface area contributed by atoms with Gasteiger partial charge in [0.25, 0.3) is 5.91 Å². The number of aliphatic hydroxyl groups excluding tert-OH is 1. The number of fused-ring (bicyclic) bond motifs is 2. The molecule has 3 N–H and O–H groups in total. The number of ether oxygens (including phenoxy) is 2. The molecule has 2 fully saturated rings. The van der Waals surface area contributed by atoms with E-state index >= 15 is 0 Å². The van der Waals surface area contributed by atoms with Crippen LogP contribution < -0.4 is 25.5 Å². The van der Waals surface area contributed by atoms with Gasteiger partial charge >= 0.3 is 0 Å². The number of carbonyl (C=O) groups is 2. The van der Waals surface area contributed by atoms with E-state index in [-0.39, 0.29) is 42.0 Å². The molecular formula is C35H43N3O5Si. The number of nitrogens with zero attached hydrogens (tertiary/aromatic N) is 1. The van der Waals surface area contributed by atoms with Crippen molar-refractivity contribution in [2.24, 2.45) is 5.92 Å². The van der Waals surface area contributed by atoms with Crippen molar-refractivity contribution in [2.75, 3.05) is 30.5 Å². The minimum atomic E-state index is -2.28. The molecule has 3 aromatic rings. The van der Waals surface area contributed by atoms with Gasteiger partial charge in [-0.25, -0.2) is 0 Å². The summed E-state index contributed by atoms with van der Waals surface area (Å²) in [5.74, 6) is 0.468. The van der Waals surface area contributed by atoms with Gasteiger partial charge in [0.15, 0.2) is 5.60 Å². The second-order valence-electron chi connectivity index (χ2n) is 12.9. The van der Waals surface area contributed by atoms with Gasteiger partial charge in [0.2, 0.25) is 5.91 Å². The molecule has 0 saturated carbocycles. The Bertz CT molecular complexity index is 1510. The molecule has 0 bridgehead atoms. The summed E-state index contributed by atoms with van der Waals surface area (Å²) >= 11 is 0. The van der Waals surface area contributed by atoms with Gasteiger partial charge in [-0.05, 0) is 67.2 Å². The van der Waals surface area contributed by atoms with Crippen molar-refractivity contribution in [3.05, 3.63) is 83.9 Å². The quantitative estimate of drug-likeness (QED) is 0.307. The van der Waals surface area contributed by atoms with Crippen molar-refractivity contribution in [2.45, 2.75) is 69.1 Å². The van der Waals surface area contributed by atoms with Crippen molar-refractivity contribution >= 4 is 36.4 Å². The van der Waals surface area contributed by atoms with E-state index in [1.54, 1.807) is 7.11 Å². The van der Waals surface area contributed by atoms with Crippen LogP contribution in [0.15, 0.2) is 72.8 Å². The molecule has 5 atom stereocenters. The first-order valence-corrected chi connectivity index (χ1v) is 18.8. The largest absolute Gasteiger partial charge is 0.497 e. The first-order valence-electron chi connectivity index (χ1n) is 15.7. The van der Waals surface area contributed by atoms with Crippen LogP contribution in [0.4, 0.5) is 11.4 Å². The van der Waals surface area contributed by atoms with Crippen molar-refractivity contribution in [3.8, 4) is 5.75 Å². The van der Waals surface area contributed by atoms with Gasteiger partial charge in [0.05, 0.1) is 39.6 Å². The number of nitrogens with one attached hydrogen (secondary N) is 2. The minimum Gasteiger partial charge on any atom is -0.497 e. The molecule has 6 rings (SSSR count). The maximum Gasteiger partial charge on any atom is 0.264 e. The minimum absolute atomic E-state index is 0.0314. The smallest absolute Gasteiger partial charge is 0.264 e. The number of rotatable bonds is 9. The second-order valence-corrected chi connectivity index (χ2v) is 17.6. The highest BCUT2D eigenvalue weighted by Crippen LogP contribution is 2.60. The van der Waals surface area contributed by atoms with Gasteiger partial charge in [-0.1, -0.05) is 67.7 Å². The van der Waals surface area contributed by atoms with Gasteiger partial charge in [0, 0.05) is 23.8 Å². The van der Waals surface area contributed by atoms with Crippen LogP contribution in [0.1, 0.15) is 37.3 Å². The van der Waals surface area contributed by atoms with Crippen molar-refractivity contribution in [3.63, 3.8) is 0 Å². The molecule has 3 heterocycles. The Labute approximate surface area is 260 Å². The molecule has 3 aromatic carbocycles. The molecule has 0 aliphatic carbocycles. The Balaban J connectivity index is 1.43. The lowest BCUT2D eigenvalue weighted by atomic mass is 9.82. The van der Waals surface area contributed by atoms with E-state index in [0.29, 0.717) is 18.7 Å². The van der Waals surface area contributed by atoms with Gasteiger partial charge in [0.1, 0.15) is 5.75 Å². The fraction of sp³-hybridized carbons (Fsp3) is 0.429. The summed E-state index contributed by atoms with van der Waals surface area (Å²) in [6.45, 7) is 8.02. The molecular weight excluding hydrogens is 570 g/mol. The van der Waals surface area contributed by atoms with Crippen LogP contribution >= 0.6 is 0 Å². The normalized spacial score (nSPS) is 26.3. The van der Waals surface area contributed by atoms with Crippen LogP contribution in [0.3, 0.4) is 0 Å². The van der Waals surface area contributed by atoms with Crippen molar-refractivity contribution in [1.82, 2.24) is 5.32 Å². The highest BCUT2D eigenvalue weighted by molar-refractivity contribution is 6.91. The lowest BCUT2D eigenvalue weighted by Crippen LogP contribution is -2.51. The number of benzene rings is 3. The molecule has 1 spiro atoms. The zero-order valence-electron chi connectivity index (χ0n) is 26.0. The maximum absolute atomic E-state index is 14.8. The van der Waals surface area contributed by atoms with Crippen LogP contribution in [-0.2, 0) is 26.5 Å². The number of hydrogen-bond acceptors (Lipinski definition) is 6. The van der Waals surface area contributed by atoms with Crippen LogP contribution in [-0.4, -0.2) is 57.4 Å². The summed E-state index contributed by atoms with van der Waals surface area (Å²) in [6.07, 6.45) is 1.91. The average molecular weight is 614 g/mol. The van der Waals surface area contributed by atoms with Crippen molar-refractivity contribution < 1.29 is 24.2 Å². The van der Waals surface area contributed by atoms with Gasteiger partial charge in [-0.2, -0.15) is 0 Å². The van der Waals surface area contributed by atoms with Gasteiger partial charge in [-0.3, -0.25) is 9.59 Å². The van der Waals surface area contributed by atoms with Gasteiger partial charge in [-0.15, -0.1) is 0 Å². The SMILES string of the molecule is COc1ccc([Si](C)(C)[C@H]2[C@H](CCO)O[C@@]3(C(=O)N(Cc4ccccc4)c4ccc(NC(=O)[C@H]5CCCN5)cc43)[C@@H]2C)cc1. The first-order chi connectivity index (χ1) is 21.2. The monoisotopic (exact) mass is 613 g/mol. The Morgan fingerprint density at radius 3 is 2.55 bits per heavy atom. The molecule has 44 heavy (non-hydrogen) atoms. The number of carbonyl (C=O) groups excluding carboxylic acids is 2. The first kappa shape index (κ1) is 30.5. The molecule has 232 valence electrons. The number of anilines is 2. The van der Waals surface area contributed by atoms with E-state index in [2.05, 4.69) is 42.8 Å². The predicted octanol–water partition coefficient (Wildman–Crippen LogP) is 4.53. The topological polar surface area (TPSA) is 100 Å². The van der Waals surface area contributed by atoms with Crippen molar-refractivity contribution in [1.29, 1.82) is 0 Å². The third kappa shape index (κ3) is 5.15. The molecule has 3 aliphatic heterocycles. The zero-order valence-corrected chi connectivity index (χ0v) is 27.0. The summed E-state index contributed by atoms with van der Waals surface area (Å²) in [6, 6.07) is 23.8. The third-order valence-electron chi connectivity index (χ3n) is 10.1. The number of amides is 2. The molecule has 3 aliphatic rings. The molecule has 2 saturated heterocycles. The second kappa shape index (κ2) is 12.1. The Hall–Kier alpha value is -3.50. The fourth-order valence-corrected chi connectivity index (χ4v) is 11.9. The third-order valence-corrected chi connectivity index (χ3v) is 14.4. The Morgan fingerprint density at radius 2 is 1.89 bits per heavy atom. The molecule has 8 nitrogen and oxygen atoms in total. The molecule has 2 amide bonds. The Morgan fingerprint density at radius 1 is 1.14 bits per heavy atom. The van der Waals surface area contributed by atoms with E-state index in [4.69, 9.17) is 9.47 Å². The molecule has 0 aromatic heterocycles.